The molecule has 1 nitrogen and oxygen atoms in total. The van der Waals surface area contributed by atoms with E-state index in [9.17, 15) is 0 Å². The molecule has 0 bridgehead atoms. The maximum absolute atomic E-state index is 3.60. The number of rotatable bonds is 7. The highest BCUT2D eigenvalue weighted by Crippen LogP contribution is 2.45. The zero-order chi connectivity index (χ0) is 13.7. The van der Waals surface area contributed by atoms with Crippen molar-refractivity contribution >= 4 is 11.3 Å². The minimum atomic E-state index is 0.623. The lowest BCUT2D eigenvalue weighted by molar-refractivity contribution is 0.243. The Bertz CT molecular complexity index is 374. The topological polar surface area (TPSA) is 12.0 Å². The van der Waals surface area contributed by atoms with Gasteiger partial charge in [0, 0.05) is 10.9 Å². The van der Waals surface area contributed by atoms with Crippen molar-refractivity contribution in [2.75, 3.05) is 6.54 Å². The average molecular weight is 279 g/mol. The first-order valence-corrected chi connectivity index (χ1v) is 8.76. The van der Waals surface area contributed by atoms with Gasteiger partial charge in [0.05, 0.1) is 0 Å². The molecule has 1 aliphatic rings. The van der Waals surface area contributed by atoms with Crippen LogP contribution < -0.4 is 5.32 Å². The molecule has 1 saturated carbocycles. The molecular formula is C17H29NS. The third kappa shape index (κ3) is 4.32. The summed E-state index contributed by atoms with van der Waals surface area (Å²) in [5.74, 6) is 0. The first kappa shape index (κ1) is 15.1. The highest BCUT2D eigenvalue weighted by atomic mass is 32.1. The van der Waals surface area contributed by atoms with E-state index in [1.54, 1.807) is 4.88 Å². The zero-order valence-electron chi connectivity index (χ0n) is 12.8. The number of aryl methyl sites for hydroxylation is 2. The van der Waals surface area contributed by atoms with Gasteiger partial charge in [0.1, 0.15) is 0 Å². The standard InChI is InChI=1S/C17H29NS/c1-14(2)18-12-11-17(8-4-5-9-17)10-6-16-15(3)7-13-19-16/h7,13-14,18H,4-6,8-12H2,1-3H3. The quantitative estimate of drug-likeness (QED) is 0.745. The monoisotopic (exact) mass is 279 g/mol. The lowest BCUT2D eigenvalue weighted by Gasteiger charge is -2.29. The average Bonchev–Trinajstić information content (AvgIpc) is 2.96. The van der Waals surface area contributed by atoms with Gasteiger partial charge >= 0.3 is 0 Å². The molecule has 0 radical (unpaired) electrons. The van der Waals surface area contributed by atoms with Gasteiger partial charge in [-0.25, -0.2) is 0 Å². The predicted octanol–water partition coefficient (Wildman–Crippen LogP) is 4.94. The summed E-state index contributed by atoms with van der Waals surface area (Å²) >= 11 is 1.94. The summed E-state index contributed by atoms with van der Waals surface area (Å²) < 4.78 is 0. The van der Waals surface area contributed by atoms with E-state index in [2.05, 4.69) is 37.5 Å². The molecule has 1 aromatic heterocycles. The van der Waals surface area contributed by atoms with E-state index < -0.39 is 0 Å². The molecule has 0 aromatic carbocycles. The first-order valence-electron chi connectivity index (χ1n) is 7.88. The van der Waals surface area contributed by atoms with Crippen molar-refractivity contribution in [2.45, 2.75) is 71.8 Å². The highest BCUT2D eigenvalue weighted by molar-refractivity contribution is 7.10. The second-order valence-corrected chi connectivity index (χ2v) is 7.59. The molecule has 1 N–H and O–H groups in total. The minimum Gasteiger partial charge on any atom is -0.315 e. The van der Waals surface area contributed by atoms with Crippen LogP contribution in [0.1, 0.15) is 62.8 Å². The van der Waals surface area contributed by atoms with Crippen molar-refractivity contribution in [1.29, 1.82) is 0 Å². The molecule has 0 aliphatic heterocycles. The van der Waals surface area contributed by atoms with Crippen molar-refractivity contribution in [1.82, 2.24) is 5.32 Å². The van der Waals surface area contributed by atoms with Gasteiger partial charge < -0.3 is 5.32 Å². The fourth-order valence-electron chi connectivity index (χ4n) is 3.41. The molecule has 1 aromatic rings. The van der Waals surface area contributed by atoms with E-state index in [-0.39, 0.29) is 0 Å². The Morgan fingerprint density at radius 2 is 2.00 bits per heavy atom. The lowest BCUT2D eigenvalue weighted by atomic mass is 9.78. The maximum Gasteiger partial charge on any atom is 0.00746 e. The van der Waals surface area contributed by atoms with E-state index in [0.717, 1.165) is 0 Å². The minimum absolute atomic E-state index is 0.623. The van der Waals surface area contributed by atoms with Gasteiger partial charge in [-0.2, -0.15) is 0 Å². The normalized spacial score (nSPS) is 18.3. The van der Waals surface area contributed by atoms with Crippen LogP contribution in [0.5, 0.6) is 0 Å². The van der Waals surface area contributed by atoms with Crippen molar-refractivity contribution in [3.63, 3.8) is 0 Å². The molecule has 2 rings (SSSR count). The third-order valence-corrected chi connectivity index (χ3v) is 5.81. The van der Waals surface area contributed by atoms with Gasteiger partial charge in [-0.1, -0.05) is 26.7 Å². The van der Waals surface area contributed by atoms with E-state index in [1.165, 1.54) is 57.1 Å². The van der Waals surface area contributed by atoms with Crippen LogP contribution in [0.2, 0.25) is 0 Å². The molecule has 1 aliphatic carbocycles. The van der Waals surface area contributed by atoms with Crippen LogP contribution >= 0.6 is 11.3 Å². The highest BCUT2D eigenvalue weighted by Gasteiger charge is 2.32. The van der Waals surface area contributed by atoms with Crippen LogP contribution in [-0.2, 0) is 6.42 Å². The second-order valence-electron chi connectivity index (χ2n) is 6.59. The number of nitrogens with one attached hydrogen (secondary N) is 1. The number of hydrogen-bond acceptors (Lipinski definition) is 2. The Labute approximate surface area is 122 Å². The van der Waals surface area contributed by atoms with Gasteiger partial charge in [0.25, 0.3) is 0 Å². The van der Waals surface area contributed by atoms with Gasteiger partial charge in [-0.3, -0.25) is 0 Å². The number of hydrogen-bond donors (Lipinski definition) is 1. The first-order chi connectivity index (χ1) is 9.11. The fraction of sp³-hybridized carbons (Fsp3) is 0.765. The molecule has 19 heavy (non-hydrogen) atoms. The second kappa shape index (κ2) is 6.90. The largest absolute Gasteiger partial charge is 0.315 e. The van der Waals surface area contributed by atoms with Gasteiger partial charge in [-0.05, 0) is 68.0 Å². The molecule has 0 spiro atoms. The maximum atomic E-state index is 3.60. The molecule has 1 fully saturated rings. The zero-order valence-corrected chi connectivity index (χ0v) is 13.6. The van der Waals surface area contributed by atoms with E-state index in [4.69, 9.17) is 0 Å². The van der Waals surface area contributed by atoms with Crippen LogP contribution in [0.4, 0.5) is 0 Å². The van der Waals surface area contributed by atoms with Crippen molar-refractivity contribution in [3.05, 3.63) is 21.9 Å². The molecule has 0 saturated heterocycles. The summed E-state index contributed by atoms with van der Waals surface area (Å²) in [6.07, 6.45) is 9.87. The SMILES string of the molecule is Cc1ccsc1CCC1(CCNC(C)C)CCCC1. The summed E-state index contributed by atoms with van der Waals surface area (Å²) in [5, 5.41) is 5.85. The molecule has 108 valence electrons. The Hall–Kier alpha value is -0.340. The summed E-state index contributed by atoms with van der Waals surface area (Å²) in [6, 6.07) is 2.89. The van der Waals surface area contributed by atoms with Crippen LogP contribution in [0.15, 0.2) is 11.4 Å². The van der Waals surface area contributed by atoms with E-state index >= 15 is 0 Å². The Balaban J connectivity index is 1.86. The fourth-order valence-corrected chi connectivity index (χ4v) is 4.33. The lowest BCUT2D eigenvalue weighted by Crippen LogP contribution is -2.29. The van der Waals surface area contributed by atoms with Crippen molar-refractivity contribution < 1.29 is 0 Å². The molecule has 0 amide bonds. The van der Waals surface area contributed by atoms with Crippen LogP contribution in [0, 0.1) is 12.3 Å². The van der Waals surface area contributed by atoms with Crippen molar-refractivity contribution in [2.24, 2.45) is 5.41 Å². The van der Waals surface area contributed by atoms with Gasteiger partial charge in [0.2, 0.25) is 0 Å². The summed E-state index contributed by atoms with van der Waals surface area (Å²) in [6.45, 7) is 7.95. The third-order valence-electron chi connectivity index (χ3n) is 4.72. The summed E-state index contributed by atoms with van der Waals surface area (Å²) in [4.78, 5) is 1.61. The molecule has 1 heterocycles. The van der Waals surface area contributed by atoms with Gasteiger partial charge in [-0.15, -0.1) is 11.3 Å². The Kier molecular flexibility index (Phi) is 5.47. The van der Waals surface area contributed by atoms with Crippen LogP contribution in [-0.4, -0.2) is 12.6 Å². The Morgan fingerprint density at radius 3 is 2.58 bits per heavy atom. The summed E-state index contributed by atoms with van der Waals surface area (Å²) in [7, 11) is 0. The molecule has 0 atom stereocenters. The van der Waals surface area contributed by atoms with Gasteiger partial charge in [0.15, 0.2) is 0 Å². The smallest absolute Gasteiger partial charge is 0.00746 e. The summed E-state index contributed by atoms with van der Waals surface area (Å²) in [5.41, 5.74) is 2.14. The van der Waals surface area contributed by atoms with E-state index in [1.807, 2.05) is 11.3 Å². The van der Waals surface area contributed by atoms with Crippen molar-refractivity contribution in [3.8, 4) is 0 Å². The van der Waals surface area contributed by atoms with E-state index in [0.29, 0.717) is 11.5 Å². The van der Waals surface area contributed by atoms with Crippen LogP contribution in [0.3, 0.4) is 0 Å². The molecular weight excluding hydrogens is 250 g/mol. The molecule has 0 unspecified atom stereocenters. The molecule has 2 heteroatoms. The number of thiophene rings is 1. The van der Waals surface area contributed by atoms with Crippen LogP contribution in [0.25, 0.3) is 0 Å². The Morgan fingerprint density at radius 1 is 1.26 bits per heavy atom. The predicted molar refractivity (Wildman–Crippen MR) is 86.0 cm³/mol.